The van der Waals surface area contributed by atoms with Gasteiger partial charge in [-0.25, -0.2) is 4.79 Å². The van der Waals surface area contributed by atoms with Crippen LogP contribution in [-0.4, -0.2) is 17.7 Å². The van der Waals surface area contributed by atoms with Crippen molar-refractivity contribution in [2.75, 3.05) is 6.61 Å². The molecule has 0 bridgehead atoms. The number of rotatable bonds is 5. The van der Waals surface area contributed by atoms with Crippen LogP contribution in [0.25, 0.3) is 33.4 Å². The fraction of sp³-hybridized carbons (Fsp3) is 0.167. The highest BCUT2D eigenvalue weighted by atomic mass is 79.9. The summed E-state index contributed by atoms with van der Waals surface area (Å²) in [5.74, 6) is -0.182. The molecule has 0 amide bonds. The highest BCUT2D eigenvalue weighted by Crippen LogP contribution is 2.49. The molecule has 1 aliphatic heterocycles. The van der Waals surface area contributed by atoms with Gasteiger partial charge in [-0.15, -0.1) is 0 Å². The molecule has 0 spiro atoms. The summed E-state index contributed by atoms with van der Waals surface area (Å²) >= 11 is 13.5. The summed E-state index contributed by atoms with van der Waals surface area (Å²) in [6.07, 6.45) is 1.69. The minimum Gasteiger partial charge on any atom is -0.505 e. The Labute approximate surface area is 223 Å². The Morgan fingerprint density at radius 3 is 2.48 bits per heavy atom. The second-order valence-electron chi connectivity index (χ2n) is 7.29. The molecule has 0 radical (unpaired) electrons. The van der Waals surface area contributed by atoms with Crippen molar-refractivity contribution in [2.24, 2.45) is 0 Å². The van der Waals surface area contributed by atoms with Gasteiger partial charge < -0.3 is 14.3 Å². The maximum Gasteiger partial charge on any atom is 0.338 e. The number of phenolic OH excluding ortho intramolecular Hbond substituents is 1. The molecular weight excluding hydrogens is 688 g/mol. The third-order valence-corrected chi connectivity index (χ3v) is 7.82. The predicted molar refractivity (Wildman–Crippen MR) is 142 cm³/mol. The lowest BCUT2D eigenvalue weighted by Gasteiger charge is -2.19. The average molecular weight is 704 g/mol. The number of hydrogen-bond donors (Lipinski definition) is 1. The molecule has 2 aliphatic rings. The van der Waals surface area contributed by atoms with Crippen molar-refractivity contribution in [1.29, 1.82) is 0 Å². The Balaban J connectivity index is 2.13. The van der Waals surface area contributed by atoms with E-state index in [0.717, 1.165) is 12.8 Å². The zero-order valence-electron chi connectivity index (χ0n) is 17.2. The Hall–Kier alpha value is -1.68. The van der Waals surface area contributed by atoms with Gasteiger partial charge in [0.2, 0.25) is 5.43 Å². The Morgan fingerprint density at radius 1 is 1.03 bits per heavy atom. The van der Waals surface area contributed by atoms with E-state index in [1.807, 2.05) is 19.1 Å². The van der Waals surface area contributed by atoms with Crippen LogP contribution in [0.4, 0.5) is 0 Å². The molecule has 0 unspecified atom stereocenters. The average Bonchev–Trinajstić information content (AvgIpc) is 2.80. The lowest BCUT2D eigenvalue weighted by Crippen LogP contribution is -2.10. The van der Waals surface area contributed by atoms with Crippen molar-refractivity contribution in [3.63, 3.8) is 0 Å². The Kier molecular flexibility index (Phi) is 7.33. The van der Waals surface area contributed by atoms with Gasteiger partial charge in [0.05, 0.1) is 21.1 Å². The van der Waals surface area contributed by atoms with Gasteiger partial charge in [0.25, 0.3) is 0 Å². The van der Waals surface area contributed by atoms with Crippen LogP contribution in [0.3, 0.4) is 0 Å². The zero-order chi connectivity index (χ0) is 23.9. The number of phenols is 1. The van der Waals surface area contributed by atoms with Crippen LogP contribution in [-0.2, 0) is 4.74 Å². The van der Waals surface area contributed by atoms with Crippen LogP contribution in [0, 0.1) is 0 Å². The van der Waals surface area contributed by atoms with Crippen LogP contribution in [0.2, 0.25) is 0 Å². The van der Waals surface area contributed by atoms with Crippen molar-refractivity contribution in [1.82, 2.24) is 0 Å². The van der Waals surface area contributed by atoms with Crippen molar-refractivity contribution >= 4 is 80.7 Å². The molecule has 0 atom stereocenters. The fourth-order valence-corrected chi connectivity index (χ4v) is 5.95. The number of aromatic hydroxyl groups is 1. The van der Waals surface area contributed by atoms with Crippen LogP contribution in [0.1, 0.15) is 30.1 Å². The van der Waals surface area contributed by atoms with Gasteiger partial charge in [-0.3, -0.25) is 4.79 Å². The molecule has 1 heterocycles. The monoisotopic (exact) mass is 700 g/mol. The highest BCUT2D eigenvalue weighted by Gasteiger charge is 2.27. The van der Waals surface area contributed by atoms with E-state index in [2.05, 4.69) is 63.7 Å². The van der Waals surface area contributed by atoms with E-state index in [4.69, 9.17) is 9.15 Å². The maximum absolute atomic E-state index is 13.0. The molecule has 0 aromatic heterocycles. The number of benzene rings is 3. The number of esters is 1. The fourth-order valence-electron chi connectivity index (χ4n) is 3.55. The maximum atomic E-state index is 13.0. The van der Waals surface area contributed by atoms with E-state index in [1.54, 1.807) is 24.3 Å². The smallest absolute Gasteiger partial charge is 0.338 e. The largest absolute Gasteiger partial charge is 0.505 e. The Bertz CT molecular complexity index is 1430. The lowest BCUT2D eigenvalue weighted by atomic mass is 9.91. The highest BCUT2D eigenvalue weighted by molar-refractivity contribution is 9.11. The number of unbranched alkanes of at least 4 members (excludes halogenated alkanes) is 1. The first-order valence-corrected chi connectivity index (χ1v) is 13.1. The first-order chi connectivity index (χ1) is 15.8. The van der Waals surface area contributed by atoms with E-state index in [-0.39, 0.29) is 15.7 Å². The molecule has 1 N–H and O–H groups in total. The second kappa shape index (κ2) is 9.90. The summed E-state index contributed by atoms with van der Waals surface area (Å²) in [5.41, 5.74) is 2.33. The predicted octanol–water partition coefficient (Wildman–Crippen LogP) is 8.28. The third-order valence-electron chi connectivity index (χ3n) is 5.17. The molecule has 0 saturated heterocycles. The molecule has 170 valence electrons. The summed E-state index contributed by atoms with van der Waals surface area (Å²) in [6.45, 7) is 2.36. The van der Waals surface area contributed by atoms with Crippen LogP contribution in [0.5, 0.6) is 5.75 Å². The molecule has 4 rings (SSSR count). The van der Waals surface area contributed by atoms with E-state index < -0.39 is 5.97 Å². The second-order valence-corrected chi connectivity index (χ2v) is 10.6. The number of fused-ring (bicyclic) bond motifs is 2. The first-order valence-electron chi connectivity index (χ1n) is 9.98. The van der Waals surface area contributed by atoms with Crippen LogP contribution >= 0.6 is 63.7 Å². The molecule has 2 aromatic rings. The summed E-state index contributed by atoms with van der Waals surface area (Å²) in [6, 6.07) is 10.5. The van der Waals surface area contributed by atoms with Crippen molar-refractivity contribution < 1.29 is 19.1 Å². The van der Waals surface area contributed by atoms with Crippen molar-refractivity contribution in [3.8, 4) is 28.2 Å². The summed E-state index contributed by atoms with van der Waals surface area (Å²) < 4.78 is 12.9. The number of carbonyl (C=O) groups is 1. The SMILES string of the molecule is CCCCOC(=O)c1ccccc1-c1c2cc(Br)c(=O)c(Br)c-2oc2c(Br)c(O)c(Br)cc12. The number of ether oxygens (including phenoxy) is 1. The number of hydrogen-bond acceptors (Lipinski definition) is 5. The topological polar surface area (TPSA) is 76.7 Å². The molecule has 33 heavy (non-hydrogen) atoms. The van der Waals surface area contributed by atoms with Crippen molar-refractivity contribution in [3.05, 3.63) is 70.1 Å². The normalized spacial score (nSPS) is 11.3. The minimum absolute atomic E-state index is 0.0422. The molecule has 9 heteroatoms. The summed E-state index contributed by atoms with van der Waals surface area (Å²) in [7, 11) is 0. The molecule has 2 aromatic carbocycles. The van der Waals surface area contributed by atoms with E-state index >= 15 is 0 Å². The van der Waals surface area contributed by atoms with Crippen LogP contribution < -0.4 is 5.43 Å². The van der Waals surface area contributed by atoms with E-state index in [0.29, 0.717) is 59.0 Å². The summed E-state index contributed by atoms with van der Waals surface area (Å²) in [5, 5.41) is 11.1. The van der Waals surface area contributed by atoms with Crippen LogP contribution in [0.15, 0.2) is 63.5 Å². The van der Waals surface area contributed by atoms with Gasteiger partial charge in [-0.1, -0.05) is 31.5 Å². The molecule has 1 aliphatic carbocycles. The summed E-state index contributed by atoms with van der Waals surface area (Å²) in [4.78, 5) is 25.6. The van der Waals surface area contributed by atoms with Gasteiger partial charge >= 0.3 is 5.97 Å². The van der Waals surface area contributed by atoms with Crippen molar-refractivity contribution in [2.45, 2.75) is 19.8 Å². The number of carbonyl (C=O) groups excluding carboxylic acids is 1. The van der Waals surface area contributed by atoms with Gasteiger partial charge in [0.15, 0.2) is 11.3 Å². The standard InChI is InChI=1S/C24H16Br4O5/c1-2-3-8-32-24(31)12-7-5-4-6-11(12)17-13-9-15(25)20(29)18(27)22(13)33-23-14(17)10-16(26)21(30)19(23)28/h4-7,9-10,29H,2-3,8H2,1H3. The zero-order valence-corrected chi connectivity index (χ0v) is 23.5. The molecule has 0 saturated carbocycles. The Morgan fingerprint density at radius 2 is 1.76 bits per heavy atom. The molecular formula is C24H16Br4O5. The minimum atomic E-state index is -0.434. The van der Waals surface area contributed by atoms with Gasteiger partial charge in [0.1, 0.15) is 14.7 Å². The quantitative estimate of drug-likeness (QED) is 0.129. The third kappa shape index (κ3) is 4.40. The van der Waals surface area contributed by atoms with E-state index in [1.165, 1.54) is 0 Å². The van der Waals surface area contributed by atoms with Gasteiger partial charge in [-0.05, 0) is 93.9 Å². The molecule has 5 nitrogen and oxygen atoms in total. The first kappa shape index (κ1) is 24.4. The van der Waals surface area contributed by atoms with Gasteiger partial charge in [0, 0.05) is 16.5 Å². The van der Waals surface area contributed by atoms with E-state index in [9.17, 15) is 14.7 Å². The lowest BCUT2D eigenvalue weighted by molar-refractivity contribution is 0.0500. The molecule has 0 fully saturated rings. The number of halogens is 4. The van der Waals surface area contributed by atoms with Gasteiger partial charge in [-0.2, -0.15) is 0 Å².